The Morgan fingerprint density at radius 2 is 1.50 bits per heavy atom. The minimum Gasteiger partial charge on any atom is -0.370 e. The molecule has 1 aromatic carbocycles. The van der Waals surface area contributed by atoms with Gasteiger partial charge in [-0.05, 0) is 44.0 Å². The largest absolute Gasteiger partial charge is 0.370 e. The van der Waals surface area contributed by atoms with Gasteiger partial charge in [0.1, 0.15) is 0 Å². The molecule has 86 valence electrons. The summed E-state index contributed by atoms with van der Waals surface area (Å²) in [5.74, 6) is -0.144. The fourth-order valence-corrected chi connectivity index (χ4v) is 3.35. The zero-order chi connectivity index (χ0) is 12.3. The minimum atomic E-state index is -0.134. The quantitative estimate of drug-likeness (QED) is 0.485. The Balaban J connectivity index is 3.20. The molecule has 6 N–H and O–H groups in total. The Kier molecular flexibility index (Phi) is 4.75. The van der Waals surface area contributed by atoms with Gasteiger partial charge in [0.25, 0.3) is 0 Å². The van der Waals surface area contributed by atoms with Gasteiger partial charge in [0, 0.05) is 13.4 Å². The van der Waals surface area contributed by atoms with Crippen molar-refractivity contribution < 1.29 is 0 Å². The molecule has 0 atom stereocenters. The maximum atomic E-state index is 5.53. The molecule has 0 radical (unpaired) electrons. The monoisotopic (exact) mass is 411 g/mol. The fraction of sp³-hybridized carbons (Fsp3) is 0. The second-order valence-corrected chi connectivity index (χ2v) is 5.35. The van der Waals surface area contributed by atoms with E-state index >= 15 is 0 Å². The van der Waals surface area contributed by atoms with Gasteiger partial charge in [-0.2, -0.15) is 4.99 Å². The Morgan fingerprint density at radius 3 is 1.94 bits per heavy atom. The van der Waals surface area contributed by atoms with E-state index < -0.39 is 0 Å². The van der Waals surface area contributed by atoms with E-state index in [-0.39, 0.29) is 11.9 Å². The van der Waals surface area contributed by atoms with E-state index in [1.807, 2.05) is 12.1 Å². The molecule has 1 rings (SSSR count). The van der Waals surface area contributed by atoms with Crippen molar-refractivity contribution in [2.45, 2.75) is 0 Å². The number of hydrogen-bond acceptors (Lipinski definition) is 1. The standard InChI is InChI=1S/C8H8Br3N5/c9-3-1-4(10)6(5(11)2-3)15-8(14)16-7(12)13/h1-2H,(H6,12,13,14,15,16). The molecule has 0 heterocycles. The van der Waals surface area contributed by atoms with Gasteiger partial charge < -0.3 is 17.2 Å². The van der Waals surface area contributed by atoms with E-state index in [9.17, 15) is 0 Å². The lowest BCUT2D eigenvalue weighted by molar-refractivity contribution is 1.36. The average Bonchev–Trinajstić information content (AvgIpc) is 2.09. The summed E-state index contributed by atoms with van der Waals surface area (Å²) in [4.78, 5) is 7.70. The molecule has 0 saturated carbocycles. The third kappa shape index (κ3) is 3.76. The molecular weight excluding hydrogens is 406 g/mol. The number of hydrogen-bond donors (Lipinski definition) is 3. The zero-order valence-corrected chi connectivity index (χ0v) is 12.7. The predicted octanol–water partition coefficient (Wildman–Crippen LogP) is 2.19. The minimum absolute atomic E-state index is 0.0104. The summed E-state index contributed by atoms with van der Waals surface area (Å²) in [5, 5.41) is 0. The maximum absolute atomic E-state index is 5.53. The van der Waals surface area contributed by atoms with Crippen molar-refractivity contribution in [3.05, 3.63) is 25.6 Å². The van der Waals surface area contributed by atoms with E-state index in [2.05, 4.69) is 57.8 Å². The molecule has 0 aromatic heterocycles. The lowest BCUT2D eigenvalue weighted by Gasteiger charge is -2.03. The molecule has 0 aliphatic rings. The van der Waals surface area contributed by atoms with E-state index in [0.29, 0.717) is 5.69 Å². The number of aliphatic imine (C=N–C) groups is 2. The van der Waals surface area contributed by atoms with Gasteiger partial charge in [-0.3, -0.25) is 0 Å². The van der Waals surface area contributed by atoms with Crippen LogP contribution in [0.4, 0.5) is 5.69 Å². The van der Waals surface area contributed by atoms with Crippen LogP contribution in [0, 0.1) is 0 Å². The first-order valence-corrected chi connectivity index (χ1v) is 6.36. The number of nitrogens with zero attached hydrogens (tertiary/aromatic N) is 2. The van der Waals surface area contributed by atoms with Crippen LogP contribution in [-0.4, -0.2) is 11.9 Å². The van der Waals surface area contributed by atoms with Crippen LogP contribution in [0.25, 0.3) is 0 Å². The molecule has 5 nitrogen and oxygen atoms in total. The average molecular weight is 414 g/mol. The number of halogens is 3. The highest BCUT2D eigenvalue weighted by atomic mass is 79.9. The molecule has 0 bridgehead atoms. The Labute approximate surface area is 118 Å². The number of guanidine groups is 2. The van der Waals surface area contributed by atoms with Gasteiger partial charge in [0.15, 0.2) is 5.96 Å². The maximum Gasteiger partial charge on any atom is 0.223 e. The first-order chi connectivity index (χ1) is 7.40. The zero-order valence-electron chi connectivity index (χ0n) is 7.92. The lowest BCUT2D eigenvalue weighted by Crippen LogP contribution is -2.26. The molecule has 8 heteroatoms. The van der Waals surface area contributed by atoms with Crippen LogP contribution in [0.3, 0.4) is 0 Å². The molecule has 0 amide bonds. The van der Waals surface area contributed by atoms with Gasteiger partial charge in [0.2, 0.25) is 5.96 Å². The Hall–Kier alpha value is -0.600. The molecule has 0 fully saturated rings. The smallest absolute Gasteiger partial charge is 0.223 e. The van der Waals surface area contributed by atoms with Crippen molar-refractivity contribution in [3.63, 3.8) is 0 Å². The molecule has 0 unspecified atom stereocenters. The van der Waals surface area contributed by atoms with E-state index in [1.165, 1.54) is 0 Å². The lowest BCUT2D eigenvalue weighted by atomic mass is 10.3. The van der Waals surface area contributed by atoms with Crippen LogP contribution in [0.1, 0.15) is 0 Å². The molecule has 1 aromatic rings. The van der Waals surface area contributed by atoms with Crippen LogP contribution in [0.2, 0.25) is 0 Å². The van der Waals surface area contributed by atoms with Crippen molar-refractivity contribution in [1.82, 2.24) is 0 Å². The highest BCUT2D eigenvalue weighted by Crippen LogP contribution is 2.36. The first kappa shape index (κ1) is 13.5. The summed E-state index contributed by atoms with van der Waals surface area (Å²) in [6.07, 6.45) is 0. The summed E-state index contributed by atoms with van der Waals surface area (Å²) >= 11 is 10.1. The Bertz CT molecular complexity index is 442. The van der Waals surface area contributed by atoms with Crippen molar-refractivity contribution in [1.29, 1.82) is 0 Å². The van der Waals surface area contributed by atoms with Gasteiger partial charge in [-0.25, -0.2) is 4.99 Å². The summed E-state index contributed by atoms with van der Waals surface area (Å²) in [6.45, 7) is 0. The van der Waals surface area contributed by atoms with Crippen LogP contribution >= 0.6 is 47.8 Å². The van der Waals surface area contributed by atoms with Crippen molar-refractivity contribution in [2.24, 2.45) is 27.2 Å². The molecule has 0 spiro atoms. The number of nitrogens with two attached hydrogens (primary N) is 3. The Morgan fingerprint density at radius 1 is 1.00 bits per heavy atom. The third-order valence-electron chi connectivity index (χ3n) is 1.45. The topological polar surface area (TPSA) is 103 Å². The van der Waals surface area contributed by atoms with E-state index in [0.717, 1.165) is 13.4 Å². The number of rotatable bonds is 1. The molecule has 0 saturated heterocycles. The normalized spacial score (nSPS) is 11.3. The second kappa shape index (κ2) is 5.65. The summed E-state index contributed by atoms with van der Waals surface area (Å²) < 4.78 is 2.44. The van der Waals surface area contributed by atoms with Crippen molar-refractivity contribution >= 4 is 65.4 Å². The second-order valence-electron chi connectivity index (χ2n) is 2.72. The van der Waals surface area contributed by atoms with E-state index in [4.69, 9.17) is 17.2 Å². The van der Waals surface area contributed by atoms with Crippen molar-refractivity contribution in [3.8, 4) is 0 Å². The van der Waals surface area contributed by atoms with Crippen LogP contribution in [0.15, 0.2) is 35.5 Å². The first-order valence-electron chi connectivity index (χ1n) is 3.98. The summed E-state index contributed by atoms with van der Waals surface area (Å²) in [5.41, 5.74) is 16.5. The van der Waals surface area contributed by atoms with Gasteiger partial charge in [-0.1, -0.05) is 15.9 Å². The van der Waals surface area contributed by atoms with Crippen LogP contribution in [0.5, 0.6) is 0 Å². The molecule has 0 aliphatic heterocycles. The third-order valence-corrected chi connectivity index (χ3v) is 3.12. The predicted molar refractivity (Wildman–Crippen MR) is 76.6 cm³/mol. The summed E-state index contributed by atoms with van der Waals surface area (Å²) in [7, 11) is 0. The van der Waals surface area contributed by atoms with Crippen LogP contribution in [-0.2, 0) is 0 Å². The fourth-order valence-electron chi connectivity index (χ4n) is 0.913. The van der Waals surface area contributed by atoms with Gasteiger partial charge >= 0.3 is 0 Å². The highest BCUT2D eigenvalue weighted by molar-refractivity contribution is 9.11. The van der Waals surface area contributed by atoms with E-state index in [1.54, 1.807) is 0 Å². The molecular formula is C8H8Br3N5. The van der Waals surface area contributed by atoms with Crippen LogP contribution < -0.4 is 17.2 Å². The SMILES string of the molecule is NC(N)=NC(N)=Nc1c(Br)cc(Br)cc1Br. The summed E-state index contributed by atoms with van der Waals surface area (Å²) in [6, 6.07) is 3.68. The highest BCUT2D eigenvalue weighted by Gasteiger charge is 2.06. The molecule has 16 heavy (non-hydrogen) atoms. The van der Waals surface area contributed by atoms with Crippen molar-refractivity contribution in [2.75, 3.05) is 0 Å². The number of benzene rings is 1. The van der Waals surface area contributed by atoms with Gasteiger partial charge in [-0.15, -0.1) is 0 Å². The molecule has 0 aliphatic carbocycles. The van der Waals surface area contributed by atoms with Gasteiger partial charge in [0.05, 0.1) is 5.69 Å².